The Balaban J connectivity index is 1.69. The maximum atomic E-state index is 12.0. The number of ether oxygens (including phenoxy) is 2. The molecule has 0 saturated carbocycles. The molecule has 0 unspecified atom stereocenters. The average Bonchev–Trinajstić information content (AvgIpc) is 2.99. The number of phenols is 1. The Morgan fingerprint density at radius 1 is 1.17 bits per heavy atom. The number of carbonyl (C=O) groups excluding carboxylic acids is 1. The summed E-state index contributed by atoms with van der Waals surface area (Å²) in [7, 11) is 0. The second-order valence-corrected chi connectivity index (χ2v) is 6.31. The summed E-state index contributed by atoms with van der Waals surface area (Å²) in [5.74, 6) is 0.889. The molecule has 1 aliphatic heterocycles. The van der Waals surface area contributed by atoms with Gasteiger partial charge in [0.1, 0.15) is 5.75 Å². The highest BCUT2D eigenvalue weighted by Gasteiger charge is 2.15. The minimum Gasteiger partial charge on any atom is -0.506 e. The number of rotatable bonds is 3. The van der Waals surface area contributed by atoms with E-state index in [1.54, 1.807) is 30.3 Å². The molecule has 0 aliphatic carbocycles. The van der Waals surface area contributed by atoms with E-state index in [4.69, 9.17) is 9.47 Å². The molecule has 0 bridgehead atoms. The molecular formula is C15H10Br2N2O4. The summed E-state index contributed by atoms with van der Waals surface area (Å²) in [4.78, 5) is 12.0. The second kappa shape index (κ2) is 6.59. The molecule has 0 atom stereocenters. The Morgan fingerprint density at radius 2 is 1.87 bits per heavy atom. The highest BCUT2D eigenvalue weighted by Crippen LogP contribution is 2.33. The van der Waals surface area contributed by atoms with E-state index in [0.717, 1.165) is 0 Å². The van der Waals surface area contributed by atoms with Crippen LogP contribution in [0.3, 0.4) is 0 Å². The van der Waals surface area contributed by atoms with E-state index >= 15 is 0 Å². The summed E-state index contributed by atoms with van der Waals surface area (Å²) in [6.07, 6.45) is 1.47. The summed E-state index contributed by atoms with van der Waals surface area (Å²) in [6.45, 7) is 0.156. The van der Waals surface area contributed by atoms with Gasteiger partial charge in [0, 0.05) is 5.56 Å². The van der Waals surface area contributed by atoms with E-state index in [1.165, 1.54) is 6.21 Å². The van der Waals surface area contributed by atoms with Gasteiger partial charge in [0.05, 0.1) is 15.2 Å². The molecule has 23 heavy (non-hydrogen) atoms. The molecule has 118 valence electrons. The van der Waals surface area contributed by atoms with Crippen molar-refractivity contribution in [3.05, 3.63) is 50.4 Å². The zero-order valence-corrected chi connectivity index (χ0v) is 14.7. The fraction of sp³-hybridized carbons (Fsp3) is 0.0667. The Bertz CT molecular complexity index is 785. The molecule has 0 fully saturated rings. The van der Waals surface area contributed by atoms with Crippen molar-refractivity contribution in [3.63, 3.8) is 0 Å². The van der Waals surface area contributed by atoms with Gasteiger partial charge in [-0.05, 0) is 67.8 Å². The lowest BCUT2D eigenvalue weighted by Crippen LogP contribution is -2.17. The highest BCUT2D eigenvalue weighted by molar-refractivity contribution is 9.11. The quantitative estimate of drug-likeness (QED) is 0.565. The number of aromatic hydroxyl groups is 1. The van der Waals surface area contributed by atoms with Gasteiger partial charge in [0.15, 0.2) is 11.5 Å². The van der Waals surface area contributed by atoms with E-state index in [1.807, 2.05) is 0 Å². The van der Waals surface area contributed by atoms with Crippen molar-refractivity contribution in [1.29, 1.82) is 0 Å². The number of nitrogens with zero attached hydrogens (tertiary/aromatic N) is 1. The van der Waals surface area contributed by atoms with Crippen LogP contribution in [0.2, 0.25) is 0 Å². The normalized spacial score (nSPS) is 12.6. The van der Waals surface area contributed by atoms with Gasteiger partial charge in [-0.3, -0.25) is 4.79 Å². The molecule has 2 aromatic carbocycles. The minimum atomic E-state index is -0.364. The number of nitrogens with one attached hydrogen (secondary N) is 1. The van der Waals surface area contributed by atoms with E-state index in [2.05, 4.69) is 42.4 Å². The number of halogens is 2. The van der Waals surface area contributed by atoms with Crippen LogP contribution in [0.5, 0.6) is 17.2 Å². The van der Waals surface area contributed by atoms with Crippen LogP contribution in [-0.4, -0.2) is 24.0 Å². The zero-order valence-electron chi connectivity index (χ0n) is 11.5. The van der Waals surface area contributed by atoms with Crippen molar-refractivity contribution in [1.82, 2.24) is 5.43 Å². The number of benzene rings is 2. The van der Waals surface area contributed by atoms with Gasteiger partial charge in [0.25, 0.3) is 5.91 Å². The molecular weight excluding hydrogens is 432 g/mol. The smallest absolute Gasteiger partial charge is 0.271 e. The molecule has 1 aliphatic rings. The Labute approximate surface area is 148 Å². The minimum absolute atomic E-state index is 0.103. The van der Waals surface area contributed by atoms with Gasteiger partial charge in [-0.25, -0.2) is 5.43 Å². The molecule has 2 aromatic rings. The van der Waals surface area contributed by atoms with Gasteiger partial charge in [-0.2, -0.15) is 5.10 Å². The third kappa shape index (κ3) is 3.48. The van der Waals surface area contributed by atoms with Crippen molar-refractivity contribution in [3.8, 4) is 17.2 Å². The van der Waals surface area contributed by atoms with Crippen LogP contribution in [0, 0.1) is 0 Å². The number of hydrazone groups is 1. The van der Waals surface area contributed by atoms with Crippen molar-refractivity contribution < 1.29 is 19.4 Å². The lowest BCUT2D eigenvalue weighted by molar-refractivity contribution is 0.0954. The Kier molecular flexibility index (Phi) is 4.53. The molecule has 0 spiro atoms. The van der Waals surface area contributed by atoms with E-state index in [-0.39, 0.29) is 18.4 Å². The highest BCUT2D eigenvalue weighted by atomic mass is 79.9. The second-order valence-electron chi connectivity index (χ2n) is 4.60. The topological polar surface area (TPSA) is 80.2 Å². The summed E-state index contributed by atoms with van der Waals surface area (Å²) in [6, 6.07) is 8.26. The third-order valence-electron chi connectivity index (χ3n) is 3.05. The van der Waals surface area contributed by atoms with Crippen molar-refractivity contribution in [2.45, 2.75) is 0 Å². The maximum Gasteiger partial charge on any atom is 0.271 e. The van der Waals surface area contributed by atoms with Gasteiger partial charge >= 0.3 is 0 Å². The molecule has 1 heterocycles. The molecule has 0 saturated heterocycles. The number of hydrogen-bond donors (Lipinski definition) is 2. The molecule has 0 aromatic heterocycles. The first kappa shape index (κ1) is 15.8. The summed E-state index contributed by atoms with van der Waals surface area (Å²) < 4.78 is 11.5. The van der Waals surface area contributed by atoms with Crippen LogP contribution >= 0.6 is 31.9 Å². The number of fused-ring (bicyclic) bond motifs is 1. The SMILES string of the molecule is O=C(N/N=C/c1cc(Br)c(O)c(Br)c1)c1ccc2c(c1)OCO2. The van der Waals surface area contributed by atoms with E-state index in [9.17, 15) is 9.90 Å². The monoisotopic (exact) mass is 440 g/mol. The van der Waals surface area contributed by atoms with Crippen LogP contribution in [0.4, 0.5) is 0 Å². The number of phenolic OH excluding ortho intramolecular Hbond substituents is 1. The van der Waals surface area contributed by atoms with Crippen LogP contribution < -0.4 is 14.9 Å². The largest absolute Gasteiger partial charge is 0.506 e. The number of carbonyl (C=O) groups is 1. The molecule has 8 heteroatoms. The van der Waals surface area contributed by atoms with E-state index in [0.29, 0.717) is 31.6 Å². The van der Waals surface area contributed by atoms with Gasteiger partial charge in [0.2, 0.25) is 6.79 Å². The molecule has 2 N–H and O–H groups in total. The van der Waals surface area contributed by atoms with Crippen LogP contribution in [0.1, 0.15) is 15.9 Å². The predicted octanol–water partition coefficient (Wildman–Crippen LogP) is 3.41. The first-order valence-corrected chi connectivity index (χ1v) is 8.04. The number of hydrogen-bond acceptors (Lipinski definition) is 5. The van der Waals surface area contributed by atoms with Crippen LogP contribution in [0.25, 0.3) is 0 Å². The molecule has 6 nitrogen and oxygen atoms in total. The van der Waals surface area contributed by atoms with Crippen LogP contribution in [-0.2, 0) is 0 Å². The standard InChI is InChI=1S/C15H10Br2N2O4/c16-10-3-8(4-11(17)14(10)20)6-18-19-15(21)9-1-2-12-13(5-9)23-7-22-12/h1-6,20H,7H2,(H,19,21)/b18-6+. The van der Waals surface area contributed by atoms with Crippen molar-refractivity contribution in [2.24, 2.45) is 5.10 Å². The predicted molar refractivity (Wildman–Crippen MR) is 91.1 cm³/mol. The van der Waals surface area contributed by atoms with Gasteiger partial charge in [-0.1, -0.05) is 0 Å². The lowest BCUT2D eigenvalue weighted by atomic mass is 10.2. The van der Waals surface area contributed by atoms with Crippen molar-refractivity contribution in [2.75, 3.05) is 6.79 Å². The van der Waals surface area contributed by atoms with Gasteiger partial charge in [-0.15, -0.1) is 0 Å². The lowest BCUT2D eigenvalue weighted by Gasteiger charge is -2.03. The number of amides is 1. The van der Waals surface area contributed by atoms with E-state index < -0.39 is 0 Å². The summed E-state index contributed by atoms with van der Waals surface area (Å²) in [5.41, 5.74) is 3.55. The fourth-order valence-corrected chi connectivity index (χ4v) is 3.15. The first-order valence-electron chi connectivity index (χ1n) is 6.45. The molecule has 3 rings (SSSR count). The zero-order chi connectivity index (χ0) is 16.4. The Hall–Kier alpha value is -2.06. The third-order valence-corrected chi connectivity index (χ3v) is 4.26. The maximum absolute atomic E-state index is 12.0. The average molecular weight is 442 g/mol. The fourth-order valence-electron chi connectivity index (χ4n) is 1.93. The summed E-state index contributed by atoms with van der Waals surface area (Å²) >= 11 is 6.46. The first-order chi connectivity index (χ1) is 11.0. The van der Waals surface area contributed by atoms with Crippen molar-refractivity contribution >= 4 is 44.0 Å². The molecule has 0 radical (unpaired) electrons. The van der Waals surface area contributed by atoms with Crippen LogP contribution in [0.15, 0.2) is 44.4 Å². The molecule has 1 amide bonds. The van der Waals surface area contributed by atoms with Gasteiger partial charge < -0.3 is 14.6 Å². The Morgan fingerprint density at radius 3 is 2.61 bits per heavy atom. The summed E-state index contributed by atoms with van der Waals surface area (Å²) in [5, 5.41) is 13.5.